The van der Waals surface area contributed by atoms with Crippen LogP contribution >= 0.6 is 0 Å². The van der Waals surface area contributed by atoms with Gasteiger partial charge in [-0.2, -0.15) is 0 Å². The summed E-state index contributed by atoms with van der Waals surface area (Å²) in [6.07, 6.45) is 4.28. The van der Waals surface area contributed by atoms with E-state index in [2.05, 4.69) is 36.4 Å². The minimum atomic E-state index is 0.0772. The first-order valence-electron chi connectivity index (χ1n) is 8.67. The van der Waals surface area contributed by atoms with Gasteiger partial charge in [-0.15, -0.1) is 0 Å². The summed E-state index contributed by atoms with van der Waals surface area (Å²) in [5, 5.41) is 0. The van der Waals surface area contributed by atoms with E-state index in [1.165, 1.54) is 17.5 Å². The predicted octanol–water partition coefficient (Wildman–Crippen LogP) is 4.24. The molecular weight excluding hydrogens is 296 g/mol. The minimum Gasteiger partial charge on any atom is -0.295 e. The SMILES string of the molecule is O=C1C(=C2c3ccccc3-c3ccccc32)N=C2CCCCCN12. The summed E-state index contributed by atoms with van der Waals surface area (Å²) in [5.74, 6) is 1.04. The first kappa shape index (κ1) is 13.7. The molecule has 0 N–H and O–H groups in total. The third-order valence-electron chi connectivity index (χ3n) is 5.20. The van der Waals surface area contributed by atoms with E-state index >= 15 is 0 Å². The molecule has 0 aromatic heterocycles. The molecule has 0 atom stereocenters. The van der Waals surface area contributed by atoms with Gasteiger partial charge in [-0.25, -0.2) is 4.99 Å². The molecule has 1 amide bonds. The van der Waals surface area contributed by atoms with Gasteiger partial charge in [0.2, 0.25) is 0 Å². The van der Waals surface area contributed by atoms with Crippen molar-refractivity contribution < 1.29 is 4.79 Å². The topological polar surface area (TPSA) is 32.7 Å². The van der Waals surface area contributed by atoms with E-state index in [0.717, 1.165) is 48.3 Å². The van der Waals surface area contributed by atoms with E-state index in [1.54, 1.807) is 0 Å². The van der Waals surface area contributed by atoms with Crippen molar-refractivity contribution in [3.63, 3.8) is 0 Å². The van der Waals surface area contributed by atoms with Gasteiger partial charge in [0.25, 0.3) is 5.91 Å². The van der Waals surface area contributed by atoms with Gasteiger partial charge in [0.1, 0.15) is 11.5 Å². The molecule has 118 valence electrons. The third-order valence-corrected chi connectivity index (χ3v) is 5.20. The van der Waals surface area contributed by atoms with Crippen molar-refractivity contribution in [1.82, 2.24) is 4.90 Å². The number of rotatable bonds is 0. The van der Waals surface area contributed by atoms with E-state index in [1.807, 2.05) is 17.0 Å². The second-order valence-corrected chi connectivity index (χ2v) is 6.61. The molecule has 1 aliphatic carbocycles. The normalized spacial score (nSPS) is 18.9. The zero-order valence-electron chi connectivity index (χ0n) is 13.5. The molecule has 2 aromatic carbocycles. The average Bonchev–Trinajstić information content (AvgIpc) is 2.98. The molecule has 2 aliphatic heterocycles. The van der Waals surface area contributed by atoms with Gasteiger partial charge in [0.15, 0.2) is 0 Å². The monoisotopic (exact) mass is 314 g/mol. The van der Waals surface area contributed by atoms with Crippen LogP contribution in [0.5, 0.6) is 0 Å². The largest absolute Gasteiger partial charge is 0.295 e. The lowest BCUT2D eigenvalue weighted by molar-refractivity contribution is -0.122. The summed E-state index contributed by atoms with van der Waals surface area (Å²) in [7, 11) is 0. The van der Waals surface area contributed by atoms with Crippen LogP contribution in [0.1, 0.15) is 36.8 Å². The Balaban J connectivity index is 1.77. The Morgan fingerprint density at radius 1 is 0.792 bits per heavy atom. The van der Waals surface area contributed by atoms with Gasteiger partial charge >= 0.3 is 0 Å². The van der Waals surface area contributed by atoms with Crippen molar-refractivity contribution in [2.75, 3.05) is 6.54 Å². The highest BCUT2D eigenvalue weighted by Crippen LogP contribution is 2.46. The molecule has 5 rings (SSSR count). The van der Waals surface area contributed by atoms with Gasteiger partial charge in [-0.1, -0.05) is 55.0 Å². The van der Waals surface area contributed by atoms with Gasteiger partial charge in [-0.05, 0) is 35.1 Å². The quantitative estimate of drug-likeness (QED) is 0.571. The summed E-state index contributed by atoms with van der Waals surface area (Å²) in [6, 6.07) is 16.7. The van der Waals surface area contributed by atoms with E-state index in [0.29, 0.717) is 5.70 Å². The molecule has 24 heavy (non-hydrogen) atoms. The fourth-order valence-electron chi connectivity index (χ4n) is 4.07. The maximum Gasteiger partial charge on any atom is 0.278 e. The van der Waals surface area contributed by atoms with E-state index < -0.39 is 0 Å². The molecule has 3 aliphatic rings. The molecule has 0 unspecified atom stereocenters. The second kappa shape index (κ2) is 5.17. The fourth-order valence-corrected chi connectivity index (χ4v) is 4.07. The molecule has 1 saturated heterocycles. The van der Waals surface area contributed by atoms with Crippen molar-refractivity contribution in [2.45, 2.75) is 25.7 Å². The van der Waals surface area contributed by atoms with Crippen LogP contribution in [0.25, 0.3) is 16.7 Å². The summed E-state index contributed by atoms with van der Waals surface area (Å²) in [5.41, 5.74) is 6.29. The van der Waals surface area contributed by atoms with Crippen LogP contribution in [0.15, 0.2) is 59.2 Å². The standard InChI is InChI=1S/C21H18N2O/c24-21-20(22-18-12-2-1-7-13-23(18)21)19-16-10-5-3-8-14(16)15-9-4-6-11-17(15)19/h3-6,8-11H,1-2,7,12-13H2. The molecule has 0 bridgehead atoms. The van der Waals surface area contributed by atoms with E-state index in [9.17, 15) is 4.79 Å². The van der Waals surface area contributed by atoms with Crippen LogP contribution in [0, 0.1) is 0 Å². The number of hydrogen-bond acceptors (Lipinski definition) is 2. The lowest BCUT2D eigenvalue weighted by Crippen LogP contribution is -2.31. The van der Waals surface area contributed by atoms with Crippen LogP contribution in [0.4, 0.5) is 0 Å². The van der Waals surface area contributed by atoms with E-state index in [4.69, 9.17) is 4.99 Å². The highest BCUT2D eigenvalue weighted by atomic mass is 16.2. The number of aliphatic imine (C=N–C) groups is 1. The Labute approximate surface area is 141 Å². The molecule has 3 heteroatoms. The molecule has 2 aromatic rings. The minimum absolute atomic E-state index is 0.0772. The van der Waals surface area contributed by atoms with Gasteiger partial charge in [-0.3, -0.25) is 9.69 Å². The first-order chi connectivity index (χ1) is 11.8. The highest BCUT2D eigenvalue weighted by molar-refractivity contribution is 6.19. The number of amidine groups is 1. The molecule has 0 spiro atoms. The van der Waals surface area contributed by atoms with Crippen LogP contribution < -0.4 is 0 Å². The fraction of sp³-hybridized carbons (Fsp3) is 0.238. The molecule has 0 radical (unpaired) electrons. The van der Waals surface area contributed by atoms with Crippen LogP contribution in [0.2, 0.25) is 0 Å². The van der Waals surface area contributed by atoms with Crippen LogP contribution in [-0.2, 0) is 4.79 Å². The maximum atomic E-state index is 13.1. The molecule has 0 saturated carbocycles. The van der Waals surface area contributed by atoms with Gasteiger partial charge in [0.05, 0.1) is 0 Å². The van der Waals surface area contributed by atoms with Crippen molar-refractivity contribution in [1.29, 1.82) is 0 Å². The number of carbonyl (C=O) groups excluding carboxylic acids is 1. The number of fused-ring (bicyclic) bond motifs is 4. The van der Waals surface area contributed by atoms with Gasteiger partial charge in [0, 0.05) is 18.5 Å². The molecule has 2 heterocycles. The number of carbonyl (C=O) groups is 1. The Morgan fingerprint density at radius 3 is 2.08 bits per heavy atom. The third kappa shape index (κ3) is 1.84. The number of benzene rings is 2. The van der Waals surface area contributed by atoms with Crippen molar-refractivity contribution in [2.24, 2.45) is 4.99 Å². The number of nitrogens with zero attached hydrogens (tertiary/aromatic N) is 2. The average molecular weight is 314 g/mol. The summed E-state index contributed by atoms with van der Waals surface area (Å²) >= 11 is 0. The Hall–Kier alpha value is -2.68. The Morgan fingerprint density at radius 2 is 1.42 bits per heavy atom. The second-order valence-electron chi connectivity index (χ2n) is 6.61. The van der Waals surface area contributed by atoms with Crippen molar-refractivity contribution in [3.05, 3.63) is 65.4 Å². The van der Waals surface area contributed by atoms with Gasteiger partial charge < -0.3 is 0 Å². The van der Waals surface area contributed by atoms with Crippen LogP contribution in [0.3, 0.4) is 0 Å². The number of amides is 1. The summed E-state index contributed by atoms with van der Waals surface area (Å²) in [6.45, 7) is 0.803. The Kier molecular flexibility index (Phi) is 2.96. The zero-order chi connectivity index (χ0) is 16.1. The molecular formula is C21H18N2O. The zero-order valence-corrected chi connectivity index (χ0v) is 13.5. The lowest BCUT2D eigenvalue weighted by atomic mass is 10.0. The number of hydrogen-bond donors (Lipinski definition) is 0. The van der Waals surface area contributed by atoms with Crippen molar-refractivity contribution >= 4 is 17.3 Å². The first-order valence-corrected chi connectivity index (χ1v) is 8.67. The smallest absolute Gasteiger partial charge is 0.278 e. The van der Waals surface area contributed by atoms with E-state index in [-0.39, 0.29) is 5.91 Å². The predicted molar refractivity (Wildman–Crippen MR) is 95.5 cm³/mol. The molecule has 3 nitrogen and oxygen atoms in total. The van der Waals surface area contributed by atoms with Crippen molar-refractivity contribution in [3.8, 4) is 11.1 Å². The Bertz CT molecular complexity index is 875. The van der Waals surface area contributed by atoms with Crippen LogP contribution in [-0.4, -0.2) is 23.2 Å². The summed E-state index contributed by atoms with van der Waals surface area (Å²) in [4.78, 5) is 19.8. The highest BCUT2D eigenvalue weighted by Gasteiger charge is 2.36. The maximum absolute atomic E-state index is 13.1. The summed E-state index contributed by atoms with van der Waals surface area (Å²) < 4.78 is 0. The lowest BCUT2D eigenvalue weighted by Gasteiger charge is -2.14. The molecule has 1 fully saturated rings.